The van der Waals surface area contributed by atoms with E-state index in [9.17, 15) is 9.18 Å². The number of nitrogens with two attached hydrogens (primary N) is 1. The maximum atomic E-state index is 13.8. The lowest BCUT2D eigenvalue weighted by Crippen LogP contribution is -2.17. The molecule has 1 amide bonds. The summed E-state index contributed by atoms with van der Waals surface area (Å²) in [6, 6.07) is 14.7. The van der Waals surface area contributed by atoms with Crippen LogP contribution in [0, 0.1) is 23.6 Å². The SMILES string of the molecule is CC[C@@H](c1ccccc1C(N)=O)C1[C@@H]2CC(c3ccnc4ccc(F)cc34)C[C@@H]12. The molecule has 0 saturated heterocycles. The summed E-state index contributed by atoms with van der Waals surface area (Å²) in [6.07, 6.45) is 5.10. The van der Waals surface area contributed by atoms with E-state index in [4.69, 9.17) is 5.73 Å². The lowest BCUT2D eigenvalue weighted by atomic mass is 9.82. The van der Waals surface area contributed by atoms with Gasteiger partial charge in [0, 0.05) is 17.1 Å². The fraction of sp³-hybridized carbons (Fsp3) is 0.360. The molecular formula is C25H25FN2O. The highest BCUT2D eigenvalue weighted by molar-refractivity contribution is 5.94. The number of carbonyl (C=O) groups is 1. The van der Waals surface area contributed by atoms with E-state index in [0.29, 0.717) is 35.2 Å². The number of benzene rings is 2. The van der Waals surface area contributed by atoms with Crippen LogP contribution < -0.4 is 5.73 Å². The molecule has 2 aliphatic carbocycles. The van der Waals surface area contributed by atoms with Gasteiger partial charge in [-0.05, 0) is 90.3 Å². The van der Waals surface area contributed by atoms with E-state index in [0.717, 1.165) is 35.7 Å². The molecule has 0 radical (unpaired) electrons. The smallest absolute Gasteiger partial charge is 0.248 e. The molecule has 3 atom stereocenters. The van der Waals surface area contributed by atoms with E-state index in [-0.39, 0.29) is 11.7 Å². The molecule has 3 nitrogen and oxygen atoms in total. The van der Waals surface area contributed by atoms with E-state index in [1.54, 1.807) is 12.1 Å². The Morgan fingerprint density at radius 1 is 1.17 bits per heavy atom. The Balaban J connectivity index is 1.39. The van der Waals surface area contributed by atoms with Crippen molar-refractivity contribution in [3.8, 4) is 0 Å². The van der Waals surface area contributed by atoms with Crippen LogP contribution in [0.3, 0.4) is 0 Å². The standard InChI is InChI=1S/C25H25FN2O/c1-2-16(18-5-3-4-6-19(18)25(27)29)24-21-11-14(12-22(21)24)17-9-10-28-23-8-7-15(26)13-20(17)23/h3-10,13-14,16,21-22,24H,2,11-12H2,1H3,(H2,27,29)/t14?,16-,21+,22+,24?/m0/s1. The van der Waals surface area contributed by atoms with Crippen LogP contribution in [0.4, 0.5) is 4.39 Å². The van der Waals surface area contributed by atoms with E-state index in [1.165, 1.54) is 11.6 Å². The number of aromatic nitrogens is 1. The molecular weight excluding hydrogens is 363 g/mol. The molecule has 0 unspecified atom stereocenters. The summed E-state index contributed by atoms with van der Waals surface area (Å²) in [6.45, 7) is 2.20. The number of amides is 1. The monoisotopic (exact) mass is 388 g/mol. The Bertz CT molecular complexity index is 1080. The van der Waals surface area contributed by atoms with Gasteiger partial charge in [0.2, 0.25) is 5.91 Å². The first-order valence-corrected chi connectivity index (χ1v) is 10.5. The molecule has 2 saturated carbocycles. The van der Waals surface area contributed by atoms with Gasteiger partial charge in [-0.25, -0.2) is 4.39 Å². The number of hydrogen-bond donors (Lipinski definition) is 1. The number of hydrogen-bond acceptors (Lipinski definition) is 2. The largest absolute Gasteiger partial charge is 0.366 e. The molecule has 5 rings (SSSR count). The Hall–Kier alpha value is -2.75. The van der Waals surface area contributed by atoms with Gasteiger partial charge in [0.15, 0.2) is 0 Å². The van der Waals surface area contributed by atoms with Crippen LogP contribution in [0.5, 0.6) is 0 Å². The third-order valence-corrected chi connectivity index (χ3v) is 7.22. The van der Waals surface area contributed by atoms with Crippen LogP contribution in [-0.2, 0) is 0 Å². The number of rotatable bonds is 5. The molecule has 2 aliphatic rings. The fourth-order valence-corrected chi connectivity index (χ4v) is 5.98. The van der Waals surface area contributed by atoms with Crippen LogP contribution in [0.15, 0.2) is 54.7 Å². The first kappa shape index (κ1) is 18.3. The second-order valence-corrected chi connectivity index (χ2v) is 8.60. The second kappa shape index (κ2) is 6.94. The quantitative estimate of drug-likeness (QED) is 0.636. The summed E-state index contributed by atoms with van der Waals surface area (Å²) in [5, 5.41) is 0.946. The lowest BCUT2D eigenvalue weighted by molar-refractivity contribution is 0.0998. The molecule has 2 aromatic carbocycles. The minimum Gasteiger partial charge on any atom is -0.366 e. The average molecular weight is 388 g/mol. The van der Waals surface area contributed by atoms with E-state index in [1.807, 2.05) is 24.4 Å². The first-order chi connectivity index (χ1) is 14.1. The van der Waals surface area contributed by atoms with Gasteiger partial charge in [-0.15, -0.1) is 0 Å². The number of halogens is 1. The highest BCUT2D eigenvalue weighted by atomic mass is 19.1. The number of nitrogens with zero attached hydrogens (tertiary/aromatic N) is 1. The molecule has 1 heterocycles. The minimum absolute atomic E-state index is 0.207. The van der Waals surface area contributed by atoms with E-state index in [2.05, 4.69) is 24.0 Å². The van der Waals surface area contributed by atoms with Crippen LogP contribution in [0.1, 0.15) is 59.5 Å². The Morgan fingerprint density at radius 2 is 1.93 bits per heavy atom. The van der Waals surface area contributed by atoms with Crippen LogP contribution in [-0.4, -0.2) is 10.9 Å². The summed E-state index contributed by atoms with van der Waals surface area (Å²) < 4.78 is 13.8. The van der Waals surface area contributed by atoms with E-state index >= 15 is 0 Å². The maximum Gasteiger partial charge on any atom is 0.248 e. The van der Waals surface area contributed by atoms with Crippen molar-refractivity contribution in [3.05, 3.63) is 77.2 Å². The van der Waals surface area contributed by atoms with Gasteiger partial charge < -0.3 is 5.73 Å². The highest BCUT2D eigenvalue weighted by Gasteiger charge is 2.58. The molecule has 2 fully saturated rings. The zero-order chi connectivity index (χ0) is 20.1. The minimum atomic E-state index is -0.340. The first-order valence-electron chi connectivity index (χ1n) is 10.5. The van der Waals surface area contributed by atoms with Crippen LogP contribution >= 0.6 is 0 Å². The van der Waals surface area contributed by atoms with Gasteiger partial charge >= 0.3 is 0 Å². The van der Waals surface area contributed by atoms with Crippen molar-refractivity contribution >= 4 is 16.8 Å². The lowest BCUT2D eigenvalue weighted by Gasteiger charge is -2.23. The highest BCUT2D eigenvalue weighted by Crippen LogP contribution is 2.67. The molecule has 148 valence electrons. The van der Waals surface area contributed by atoms with Crippen molar-refractivity contribution in [3.63, 3.8) is 0 Å². The Kier molecular flexibility index (Phi) is 4.38. The summed E-state index contributed by atoms with van der Waals surface area (Å²) in [4.78, 5) is 16.3. The topological polar surface area (TPSA) is 56.0 Å². The molecule has 3 aromatic rings. The third-order valence-electron chi connectivity index (χ3n) is 7.22. The molecule has 0 spiro atoms. The zero-order valence-corrected chi connectivity index (χ0v) is 16.5. The molecule has 29 heavy (non-hydrogen) atoms. The average Bonchev–Trinajstić information content (AvgIpc) is 3.19. The molecule has 4 heteroatoms. The van der Waals surface area contributed by atoms with Crippen LogP contribution in [0.2, 0.25) is 0 Å². The van der Waals surface area contributed by atoms with Crippen molar-refractivity contribution in [2.24, 2.45) is 23.5 Å². The van der Waals surface area contributed by atoms with Crippen molar-refractivity contribution < 1.29 is 9.18 Å². The van der Waals surface area contributed by atoms with Crippen molar-refractivity contribution in [1.29, 1.82) is 0 Å². The molecule has 2 N–H and O–H groups in total. The van der Waals surface area contributed by atoms with Gasteiger partial charge in [0.25, 0.3) is 0 Å². The zero-order valence-electron chi connectivity index (χ0n) is 16.5. The summed E-state index contributed by atoms with van der Waals surface area (Å²) >= 11 is 0. The second-order valence-electron chi connectivity index (χ2n) is 8.60. The van der Waals surface area contributed by atoms with Crippen molar-refractivity contribution in [2.45, 2.75) is 38.0 Å². The Morgan fingerprint density at radius 3 is 2.66 bits per heavy atom. The number of fused-ring (bicyclic) bond motifs is 2. The third kappa shape index (κ3) is 3.02. The summed E-state index contributed by atoms with van der Waals surface area (Å²) in [5.41, 5.74) is 9.49. The number of primary amides is 1. The van der Waals surface area contributed by atoms with Crippen molar-refractivity contribution in [2.75, 3.05) is 0 Å². The fourth-order valence-electron chi connectivity index (χ4n) is 5.98. The van der Waals surface area contributed by atoms with E-state index < -0.39 is 0 Å². The van der Waals surface area contributed by atoms with Gasteiger partial charge in [-0.1, -0.05) is 25.1 Å². The maximum absolute atomic E-state index is 13.8. The molecule has 0 bridgehead atoms. The Labute approximate surface area is 170 Å². The van der Waals surface area contributed by atoms with Gasteiger partial charge in [0.1, 0.15) is 5.82 Å². The normalized spacial score (nSPS) is 24.4. The van der Waals surface area contributed by atoms with Gasteiger partial charge in [0.05, 0.1) is 5.52 Å². The van der Waals surface area contributed by atoms with Crippen LogP contribution in [0.25, 0.3) is 10.9 Å². The van der Waals surface area contributed by atoms with Gasteiger partial charge in [-0.2, -0.15) is 0 Å². The number of carbonyl (C=O) groups excluding carboxylic acids is 1. The summed E-state index contributed by atoms with van der Waals surface area (Å²) in [5.74, 6) is 2.24. The molecule has 0 aliphatic heterocycles. The van der Waals surface area contributed by atoms with Gasteiger partial charge in [-0.3, -0.25) is 9.78 Å². The predicted molar refractivity (Wildman–Crippen MR) is 112 cm³/mol. The van der Waals surface area contributed by atoms with Crippen molar-refractivity contribution in [1.82, 2.24) is 4.98 Å². The number of pyridine rings is 1. The summed E-state index contributed by atoms with van der Waals surface area (Å²) in [7, 11) is 0. The molecule has 1 aromatic heterocycles. The predicted octanol–water partition coefficient (Wildman–Crippen LogP) is 5.41.